The van der Waals surface area contributed by atoms with Gasteiger partial charge >= 0.3 is 5.97 Å². The topological polar surface area (TPSA) is 37.3 Å². The van der Waals surface area contributed by atoms with Gasteiger partial charge in [-0.15, -0.1) is 11.8 Å². The molecule has 1 saturated heterocycles. The summed E-state index contributed by atoms with van der Waals surface area (Å²) in [5.41, 5.74) is 0. The first-order valence-electron chi connectivity index (χ1n) is 4.63. The summed E-state index contributed by atoms with van der Waals surface area (Å²) in [5.74, 6) is 1.70. The first-order valence-corrected chi connectivity index (χ1v) is 5.68. The van der Waals surface area contributed by atoms with Crippen LogP contribution in [0.3, 0.4) is 0 Å². The Morgan fingerprint density at radius 2 is 2.08 bits per heavy atom. The normalized spacial score (nSPS) is 40.8. The molecular weight excluding hydrogens is 172 g/mol. The minimum atomic E-state index is -0.589. The molecule has 2 fully saturated rings. The number of rotatable bonds is 1. The highest BCUT2D eigenvalue weighted by Crippen LogP contribution is 2.45. The predicted molar refractivity (Wildman–Crippen MR) is 49.3 cm³/mol. The van der Waals surface area contributed by atoms with Gasteiger partial charge in [0.15, 0.2) is 0 Å². The van der Waals surface area contributed by atoms with Gasteiger partial charge in [-0.2, -0.15) is 0 Å². The summed E-state index contributed by atoms with van der Waals surface area (Å²) in [4.78, 5) is 10.8. The Labute approximate surface area is 76.7 Å². The van der Waals surface area contributed by atoms with E-state index in [2.05, 4.69) is 0 Å². The summed E-state index contributed by atoms with van der Waals surface area (Å²) >= 11 is 1.66. The molecule has 0 spiro atoms. The van der Waals surface area contributed by atoms with E-state index in [0.717, 1.165) is 12.2 Å². The predicted octanol–water partition coefficient (Wildman–Crippen LogP) is 1.99. The molecule has 0 bridgehead atoms. The van der Waals surface area contributed by atoms with Gasteiger partial charge in [0.1, 0.15) is 5.25 Å². The maximum atomic E-state index is 10.8. The second-order valence-electron chi connectivity index (χ2n) is 3.80. The van der Waals surface area contributed by atoms with Crippen molar-refractivity contribution in [3.63, 3.8) is 0 Å². The van der Waals surface area contributed by atoms with Gasteiger partial charge in [-0.3, -0.25) is 4.79 Å². The fourth-order valence-corrected chi connectivity index (χ4v) is 4.06. The van der Waals surface area contributed by atoms with E-state index in [9.17, 15) is 4.79 Å². The lowest BCUT2D eigenvalue weighted by Gasteiger charge is -2.26. The highest BCUT2D eigenvalue weighted by atomic mass is 32.2. The molecule has 3 heteroatoms. The molecule has 1 aliphatic heterocycles. The zero-order valence-electron chi connectivity index (χ0n) is 7.03. The molecule has 2 rings (SSSR count). The van der Waals surface area contributed by atoms with Crippen LogP contribution in [0.1, 0.15) is 25.7 Å². The Kier molecular flexibility index (Phi) is 2.31. The molecule has 2 nitrogen and oxygen atoms in total. The minimum Gasteiger partial charge on any atom is -0.480 e. The monoisotopic (exact) mass is 186 g/mol. The summed E-state index contributed by atoms with van der Waals surface area (Å²) < 4.78 is 0. The number of hydrogen-bond donors (Lipinski definition) is 1. The van der Waals surface area contributed by atoms with Crippen LogP contribution in [0.2, 0.25) is 0 Å². The lowest BCUT2D eigenvalue weighted by molar-refractivity contribution is -0.137. The summed E-state index contributed by atoms with van der Waals surface area (Å²) in [7, 11) is 0. The van der Waals surface area contributed by atoms with E-state index in [-0.39, 0.29) is 5.25 Å². The minimum absolute atomic E-state index is 0.0877. The van der Waals surface area contributed by atoms with Gasteiger partial charge in [0.2, 0.25) is 0 Å². The number of fused-ring (bicyclic) bond motifs is 1. The Morgan fingerprint density at radius 1 is 1.33 bits per heavy atom. The number of thioether (sulfide) groups is 1. The zero-order valence-corrected chi connectivity index (χ0v) is 7.85. The van der Waals surface area contributed by atoms with E-state index in [4.69, 9.17) is 5.11 Å². The zero-order chi connectivity index (χ0) is 8.55. The summed E-state index contributed by atoms with van der Waals surface area (Å²) in [6.07, 6.45) is 4.97. The van der Waals surface area contributed by atoms with E-state index in [1.54, 1.807) is 11.8 Å². The SMILES string of the molecule is O=C(O)[C@@H]1SC[C@H]2CCCC[C@H]21. The summed E-state index contributed by atoms with van der Waals surface area (Å²) in [6.45, 7) is 0. The number of aliphatic carboxylic acids is 1. The van der Waals surface area contributed by atoms with Crippen molar-refractivity contribution in [2.75, 3.05) is 5.75 Å². The van der Waals surface area contributed by atoms with Crippen LogP contribution in [-0.2, 0) is 4.79 Å². The fourth-order valence-electron chi connectivity index (χ4n) is 2.45. The standard InChI is InChI=1S/C9H14O2S/c10-9(11)8-7-4-2-1-3-6(7)5-12-8/h6-8H,1-5H2,(H,10,11)/t6-,7-,8-/m1/s1. The van der Waals surface area contributed by atoms with Crippen molar-refractivity contribution in [2.24, 2.45) is 11.8 Å². The van der Waals surface area contributed by atoms with Crippen LogP contribution in [0.5, 0.6) is 0 Å². The molecule has 2 aliphatic rings. The lowest BCUT2D eigenvalue weighted by atomic mass is 9.79. The molecule has 0 aromatic rings. The maximum Gasteiger partial charge on any atom is 0.316 e. The van der Waals surface area contributed by atoms with Crippen LogP contribution in [-0.4, -0.2) is 22.1 Å². The number of carbonyl (C=O) groups is 1. The van der Waals surface area contributed by atoms with Crippen LogP contribution in [0.25, 0.3) is 0 Å². The Balaban J connectivity index is 2.05. The van der Waals surface area contributed by atoms with E-state index < -0.39 is 5.97 Å². The van der Waals surface area contributed by atoms with Crippen molar-refractivity contribution in [1.29, 1.82) is 0 Å². The molecule has 1 N–H and O–H groups in total. The van der Waals surface area contributed by atoms with Crippen LogP contribution in [0.4, 0.5) is 0 Å². The van der Waals surface area contributed by atoms with Gasteiger partial charge < -0.3 is 5.11 Å². The van der Waals surface area contributed by atoms with Crippen molar-refractivity contribution in [3.8, 4) is 0 Å². The third-order valence-corrected chi connectivity index (χ3v) is 4.62. The Hall–Kier alpha value is -0.180. The summed E-state index contributed by atoms with van der Waals surface area (Å²) in [6, 6.07) is 0. The fraction of sp³-hybridized carbons (Fsp3) is 0.889. The van der Waals surface area contributed by atoms with E-state index in [0.29, 0.717) is 11.8 Å². The number of carboxylic acid groups (broad SMARTS) is 1. The second kappa shape index (κ2) is 3.29. The molecule has 68 valence electrons. The van der Waals surface area contributed by atoms with Crippen molar-refractivity contribution in [3.05, 3.63) is 0 Å². The highest BCUT2D eigenvalue weighted by Gasteiger charge is 2.41. The Morgan fingerprint density at radius 3 is 2.83 bits per heavy atom. The van der Waals surface area contributed by atoms with Crippen LogP contribution in [0, 0.1) is 11.8 Å². The van der Waals surface area contributed by atoms with Crippen LogP contribution < -0.4 is 0 Å². The average Bonchev–Trinajstić information content (AvgIpc) is 2.47. The van der Waals surface area contributed by atoms with E-state index in [1.165, 1.54) is 19.3 Å². The van der Waals surface area contributed by atoms with Crippen molar-refractivity contribution < 1.29 is 9.90 Å². The van der Waals surface area contributed by atoms with E-state index in [1.807, 2.05) is 0 Å². The van der Waals surface area contributed by atoms with Crippen LogP contribution >= 0.6 is 11.8 Å². The summed E-state index contributed by atoms with van der Waals surface area (Å²) in [5, 5.41) is 8.84. The van der Waals surface area contributed by atoms with Crippen molar-refractivity contribution >= 4 is 17.7 Å². The quantitative estimate of drug-likeness (QED) is 0.680. The van der Waals surface area contributed by atoms with Crippen LogP contribution in [0.15, 0.2) is 0 Å². The van der Waals surface area contributed by atoms with E-state index >= 15 is 0 Å². The second-order valence-corrected chi connectivity index (χ2v) is 4.98. The van der Waals surface area contributed by atoms with Gasteiger partial charge in [-0.25, -0.2) is 0 Å². The third-order valence-electron chi connectivity index (χ3n) is 3.09. The largest absolute Gasteiger partial charge is 0.480 e. The molecule has 0 unspecified atom stereocenters. The van der Waals surface area contributed by atoms with Gasteiger partial charge in [-0.05, 0) is 30.4 Å². The number of hydrogen-bond acceptors (Lipinski definition) is 2. The smallest absolute Gasteiger partial charge is 0.316 e. The van der Waals surface area contributed by atoms with Gasteiger partial charge in [0, 0.05) is 0 Å². The molecule has 1 aliphatic carbocycles. The average molecular weight is 186 g/mol. The lowest BCUT2D eigenvalue weighted by Crippen LogP contribution is -2.28. The molecule has 0 aromatic heterocycles. The Bertz CT molecular complexity index is 193. The molecule has 0 amide bonds. The van der Waals surface area contributed by atoms with Gasteiger partial charge in [0.25, 0.3) is 0 Å². The molecule has 0 radical (unpaired) electrons. The maximum absolute atomic E-state index is 10.8. The molecule has 1 heterocycles. The first-order chi connectivity index (χ1) is 5.79. The molecule has 1 saturated carbocycles. The highest BCUT2D eigenvalue weighted by molar-refractivity contribution is 8.00. The van der Waals surface area contributed by atoms with Crippen molar-refractivity contribution in [1.82, 2.24) is 0 Å². The molecular formula is C9H14O2S. The number of carboxylic acids is 1. The molecule has 12 heavy (non-hydrogen) atoms. The van der Waals surface area contributed by atoms with Crippen molar-refractivity contribution in [2.45, 2.75) is 30.9 Å². The molecule has 3 atom stereocenters. The molecule has 0 aromatic carbocycles. The van der Waals surface area contributed by atoms with Gasteiger partial charge in [-0.1, -0.05) is 12.8 Å². The third kappa shape index (κ3) is 1.35. The first kappa shape index (κ1) is 8.42. The van der Waals surface area contributed by atoms with Gasteiger partial charge in [0.05, 0.1) is 0 Å².